The number of hydrogen-bond acceptors (Lipinski definition) is 2. The maximum absolute atomic E-state index is 11.4. The molecule has 68 valence electrons. The van der Waals surface area contributed by atoms with E-state index in [1.807, 2.05) is 0 Å². The molecule has 1 atom stereocenters. The number of nitrogens with zero attached hydrogens (tertiary/aromatic N) is 1. The Balaban J connectivity index is 2.52. The number of piperidine rings is 1. The van der Waals surface area contributed by atoms with Crippen molar-refractivity contribution in [2.45, 2.75) is 18.9 Å². The van der Waals surface area contributed by atoms with E-state index in [4.69, 9.17) is 17.3 Å². The average Bonchev–Trinajstić information content (AvgIpc) is 1.98. The van der Waals surface area contributed by atoms with Crippen molar-refractivity contribution in [1.29, 1.82) is 0 Å². The van der Waals surface area contributed by atoms with Crippen LogP contribution < -0.4 is 5.73 Å². The van der Waals surface area contributed by atoms with Crippen molar-refractivity contribution in [3.8, 4) is 0 Å². The third kappa shape index (κ3) is 2.22. The molecule has 0 radical (unpaired) electrons. The lowest BCUT2D eigenvalue weighted by Crippen LogP contribution is -2.48. The van der Waals surface area contributed by atoms with Crippen LogP contribution in [0, 0.1) is 0 Å². The molecule has 2 N–H and O–H groups in total. The molecule has 1 heterocycles. The number of likely N-dealkylation sites (tertiary alicyclic amines) is 1. The lowest BCUT2D eigenvalue weighted by atomic mass is 10.1. The molecule has 3 nitrogen and oxygen atoms in total. The molecule has 0 aromatic carbocycles. The number of carbonyl (C=O) groups excluding carboxylic acids is 1. The fourth-order valence-corrected chi connectivity index (χ4v) is 1.48. The zero-order valence-corrected chi connectivity index (χ0v) is 7.68. The van der Waals surface area contributed by atoms with Crippen molar-refractivity contribution in [3.05, 3.63) is 11.6 Å². The van der Waals surface area contributed by atoms with E-state index < -0.39 is 0 Å². The Kier molecular flexibility index (Phi) is 3.12. The summed E-state index contributed by atoms with van der Waals surface area (Å²) in [6.45, 7) is 4.71. The van der Waals surface area contributed by atoms with Gasteiger partial charge in [0.1, 0.15) is 0 Å². The van der Waals surface area contributed by atoms with Gasteiger partial charge in [0.15, 0.2) is 0 Å². The first-order valence-electron chi connectivity index (χ1n) is 3.99. The quantitative estimate of drug-likeness (QED) is 0.693. The van der Waals surface area contributed by atoms with Gasteiger partial charge in [0.25, 0.3) is 0 Å². The summed E-state index contributed by atoms with van der Waals surface area (Å²) < 4.78 is 0. The van der Waals surface area contributed by atoms with Crippen molar-refractivity contribution >= 4 is 17.5 Å². The zero-order chi connectivity index (χ0) is 9.14. The van der Waals surface area contributed by atoms with Crippen LogP contribution in [0.3, 0.4) is 0 Å². The van der Waals surface area contributed by atoms with Gasteiger partial charge in [-0.05, 0) is 12.8 Å². The van der Waals surface area contributed by atoms with Crippen molar-refractivity contribution in [1.82, 2.24) is 4.90 Å². The normalized spacial score (nSPS) is 24.3. The van der Waals surface area contributed by atoms with Crippen LogP contribution in [0.5, 0.6) is 0 Å². The molecule has 1 fully saturated rings. The van der Waals surface area contributed by atoms with Crippen molar-refractivity contribution in [3.63, 3.8) is 0 Å². The second kappa shape index (κ2) is 3.92. The molecule has 0 saturated carbocycles. The Hall–Kier alpha value is -0.540. The van der Waals surface area contributed by atoms with Gasteiger partial charge < -0.3 is 10.6 Å². The monoisotopic (exact) mass is 188 g/mol. The minimum absolute atomic E-state index is 0.0111. The van der Waals surface area contributed by atoms with E-state index in [0.717, 1.165) is 19.4 Å². The third-order valence-corrected chi connectivity index (χ3v) is 2.05. The SMILES string of the molecule is C=C(Cl)CN1CCCC(N)C1=O. The van der Waals surface area contributed by atoms with Gasteiger partial charge in [-0.25, -0.2) is 0 Å². The molecule has 4 heteroatoms. The van der Waals surface area contributed by atoms with Crippen LogP contribution in [0.4, 0.5) is 0 Å². The highest BCUT2D eigenvalue weighted by Gasteiger charge is 2.25. The molecule has 1 rings (SSSR count). The molecule has 0 bridgehead atoms. The van der Waals surface area contributed by atoms with Gasteiger partial charge in [-0.3, -0.25) is 4.79 Å². The molecule has 1 saturated heterocycles. The van der Waals surface area contributed by atoms with E-state index in [1.54, 1.807) is 4.90 Å². The fraction of sp³-hybridized carbons (Fsp3) is 0.625. The fourth-order valence-electron chi connectivity index (χ4n) is 1.33. The molecule has 1 unspecified atom stereocenters. The van der Waals surface area contributed by atoms with E-state index in [-0.39, 0.29) is 11.9 Å². The number of nitrogens with two attached hydrogens (primary N) is 1. The van der Waals surface area contributed by atoms with Crippen LogP contribution in [0.25, 0.3) is 0 Å². The summed E-state index contributed by atoms with van der Waals surface area (Å²) in [7, 11) is 0. The number of rotatable bonds is 2. The first-order chi connectivity index (χ1) is 5.61. The van der Waals surface area contributed by atoms with Gasteiger partial charge in [0.05, 0.1) is 12.6 Å². The number of halogens is 1. The zero-order valence-electron chi connectivity index (χ0n) is 6.92. The van der Waals surface area contributed by atoms with Gasteiger partial charge >= 0.3 is 0 Å². The van der Waals surface area contributed by atoms with Gasteiger partial charge in [-0.1, -0.05) is 18.2 Å². The second-order valence-electron chi connectivity index (χ2n) is 3.03. The van der Waals surface area contributed by atoms with E-state index >= 15 is 0 Å². The second-order valence-corrected chi connectivity index (χ2v) is 3.56. The molecule has 0 aliphatic carbocycles. The predicted octanol–water partition coefficient (Wildman–Crippen LogP) is 0.689. The first kappa shape index (κ1) is 9.55. The molecule has 0 aromatic rings. The van der Waals surface area contributed by atoms with Crippen molar-refractivity contribution in [2.75, 3.05) is 13.1 Å². The molecule has 1 amide bonds. The highest BCUT2D eigenvalue weighted by molar-refractivity contribution is 6.29. The van der Waals surface area contributed by atoms with E-state index in [9.17, 15) is 4.79 Å². The summed E-state index contributed by atoms with van der Waals surface area (Å²) in [5.41, 5.74) is 5.58. The summed E-state index contributed by atoms with van der Waals surface area (Å²) in [4.78, 5) is 13.0. The summed E-state index contributed by atoms with van der Waals surface area (Å²) in [5.74, 6) is -0.0111. The average molecular weight is 189 g/mol. The minimum Gasteiger partial charge on any atom is -0.336 e. The smallest absolute Gasteiger partial charge is 0.239 e. The van der Waals surface area contributed by atoms with Gasteiger partial charge in [0, 0.05) is 11.6 Å². The van der Waals surface area contributed by atoms with Crippen LogP contribution in [0.2, 0.25) is 0 Å². The summed E-state index contributed by atoms with van der Waals surface area (Å²) in [6, 6.07) is -0.338. The van der Waals surface area contributed by atoms with E-state index in [1.165, 1.54) is 0 Å². The van der Waals surface area contributed by atoms with Gasteiger partial charge in [-0.2, -0.15) is 0 Å². The Bertz CT molecular complexity index is 205. The Morgan fingerprint density at radius 2 is 2.50 bits per heavy atom. The Morgan fingerprint density at radius 3 is 3.08 bits per heavy atom. The van der Waals surface area contributed by atoms with E-state index in [2.05, 4.69) is 6.58 Å². The van der Waals surface area contributed by atoms with Crippen LogP contribution in [0.1, 0.15) is 12.8 Å². The highest BCUT2D eigenvalue weighted by Crippen LogP contribution is 2.12. The number of carbonyl (C=O) groups is 1. The number of hydrogen-bond donors (Lipinski definition) is 1. The first-order valence-corrected chi connectivity index (χ1v) is 4.36. The maximum Gasteiger partial charge on any atom is 0.239 e. The topological polar surface area (TPSA) is 46.3 Å². The van der Waals surface area contributed by atoms with Gasteiger partial charge in [0.2, 0.25) is 5.91 Å². The molecule has 1 aliphatic heterocycles. The van der Waals surface area contributed by atoms with Gasteiger partial charge in [-0.15, -0.1) is 0 Å². The summed E-state index contributed by atoms with van der Waals surface area (Å²) >= 11 is 5.59. The van der Waals surface area contributed by atoms with E-state index in [0.29, 0.717) is 11.6 Å². The molecular weight excluding hydrogens is 176 g/mol. The number of amides is 1. The highest BCUT2D eigenvalue weighted by atomic mass is 35.5. The molecule has 12 heavy (non-hydrogen) atoms. The van der Waals surface area contributed by atoms with Crippen LogP contribution in [-0.4, -0.2) is 29.9 Å². The lowest BCUT2D eigenvalue weighted by molar-refractivity contribution is -0.134. The summed E-state index contributed by atoms with van der Waals surface area (Å²) in [5, 5.41) is 0.484. The predicted molar refractivity (Wildman–Crippen MR) is 48.8 cm³/mol. The third-order valence-electron chi connectivity index (χ3n) is 1.93. The molecular formula is C8H13ClN2O. The molecule has 1 aliphatic rings. The Morgan fingerprint density at radius 1 is 1.83 bits per heavy atom. The minimum atomic E-state index is -0.338. The Labute approximate surface area is 77.2 Å². The molecule has 0 aromatic heterocycles. The van der Waals surface area contributed by atoms with Crippen molar-refractivity contribution < 1.29 is 4.79 Å². The molecule has 0 spiro atoms. The van der Waals surface area contributed by atoms with Crippen LogP contribution >= 0.6 is 11.6 Å². The lowest BCUT2D eigenvalue weighted by Gasteiger charge is -2.29. The summed E-state index contributed by atoms with van der Waals surface area (Å²) in [6.07, 6.45) is 1.74. The van der Waals surface area contributed by atoms with Crippen molar-refractivity contribution in [2.24, 2.45) is 5.73 Å². The maximum atomic E-state index is 11.4. The van der Waals surface area contributed by atoms with Crippen LogP contribution in [-0.2, 0) is 4.79 Å². The standard InChI is InChI=1S/C8H13ClN2O/c1-6(9)5-11-4-2-3-7(10)8(11)12/h7H,1-5,10H2. The largest absolute Gasteiger partial charge is 0.336 e. The van der Waals surface area contributed by atoms with Crippen LogP contribution in [0.15, 0.2) is 11.6 Å².